The van der Waals surface area contributed by atoms with Crippen LogP contribution in [0.3, 0.4) is 0 Å². The molecule has 1 aliphatic rings. The summed E-state index contributed by atoms with van der Waals surface area (Å²) < 4.78 is 5.32. The van der Waals surface area contributed by atoms with Crippen LogP contribution in [0.2, 0.25) is 0 Å². The lowest BCUT2D eigenvalue weighted by atomic mass is 10.1. The average molecular weight is 386 g/mol. The molecule has 1 fully saturated rings. The third-order valence-electron chi connectivity index (χ3n) is 4.31. The Hall–Kier alpha value is -3.37. The van der Waals surface area contributed by atoms with Crippen LogP contribution >= 0.6 is 0 Å². The molecule has 3 rings (SSSR count). The number of carbonyl (C=O) groups excluding carboxylic acids is 1. The Morgan fingerprint density at radius 3 is 2.11 bits per heavy atom. The second-order valence-corrected chi connectivity index (χ2v) is 6.29. The minimum atomic E-state index is -0.774. The van der Waals surface area contributed by atoms with Crippen molar-refractivity contribution >= 4 is 23.0 Å². The third-order valence-corrected chi connectivity index (χ3v) is 4.31. The molecule has 0 saturated carbocycles. The lowest BCUT2D eigenvalue weighted by Gasteiger charge is -2.26. The molecule has 0 aromatic heterocycles. The standard InChI is InChI=1S/C18H18N4O6/c23-18(14-9-16(21(24)25)11-17(10-14)22(26)27)19-15-3-1-13(2-4-15)12-20-5-7-28-8-6-20/h1-4,9-11H,5-8,12H2,(H,19,23). The van der Waals surface area contributed by atoms with Gasteiger partial charge in [0.25, 0.3) is 17.3 Å². The van der Waals surface area contributed by atoms with Gasteiger partial charge < -0.3 is 10.1 Å². The number of hydrogen-bond acceptors (Lipinski definition) is 7. The van der Waals surface area contributed by atoms with E-state index in [0.717, 1.165) is 43.4 Å². The topological polar surface area (TPSA) is 128 Å². The van der Waals surface area contributed by atoms with Gasteiger partial charge in [0.1, 0.15) is 0 Å². The molecule has 0 aliphatic carbocycles. The van der Waals surface area contributed by atoms with Crippen LogP contribution < -0.4 is 5.32 Å². The third kappa shape index (κ3) is 4.87. The summed E-state index contributed by atoms with van der Waals surface area (Å²) in [4.78, 5) is 35.0. The fraction of sp³-hybridized carbons (Fsp3) is 0.278. The number of nitrogens with zero attached hydrogens (tertiary/aromatic N) is 3. The second kappa shape index (κ2) is 8.55. The van der Waals surface area contributed by atoms with Gasteiger partial charge in [0.15, 0.2) is 0 Å². The molecule has 10 nitrogen and oxygen atoms in total. The average Bonchev–Trinajstić information content (AvgIpc) is 2.69. The van der Waals surface area contributed by atoms with Crippen molar-refractivity contribution in [3.63, 3.8) is 0 Å². The van der Waals surface area contributed by atoms with Crippen molar-refractivity contribution in [3.05, 3.63) is 73.8 Å². The van der Waals surface area contributed by atoms with Crippen LogP contribution in [-0.2, 0) is 11.3 Å². The van der Waals surface area contributed by atoms with Gasteiger partial charge in [-0.15, -0.1) is 0 Å². The number of morpholine rings is 1. The largest absolute Gasteiger partial charge is 0.379 e. The normalized spacial score (nSPS) is 14.4. The number of benzene rings is 2. The highest BCUT2D eigenvalue weighted by molar-refractivity contribution is 6.05. The zero-order chi connectivity index (χ0) is 20.1. The molecule has 2 aromatic carbocycles. The molecule has 1 aliphatic heterocycles. The van der Waals surface area contributed by atoms with Gasteiger partial charge in [-0.05, 0) is 17.7 Å². The number of non-ortho nitro benzene ring substituents is 2. The number of ether oxygens (including phenoxy) is 1. The highest BCUT2D eigenvalue weighted by Gasteiger charge is 2.20. The van der Waals surface area contributed by atoms with Gasteiger partial charge in [-0.25, -0.2) is 0 Å². The maximum atomic E-state index is 12.4. The van der Waals surface area contributed by atoms with Crippen molar-refractivity contribution in [2.24, 2.45) is 0 Å². The molecule has 10 heteroatoms. The summed E-state index contributed by atoms with van der Waals surface area (Å²) in [7, 11) is 0. The van der Waals surface area contributed by atoms with E-state index < -0.39 is 27.1 Å². The summed E-state index contributed by atoms with van der Waals surface area (Å²) in [5, 5.41) is 24.5. The molecule has 2 aromatic rings. The summed E-state index contributed by atoms with van der Waals surface area (Å²) >= 11 is 0. The van der Waals surface area contributed by atoms with E-state index in [1.807, 2.05) is 12.1 Å². The Bertz CT molecular complexity index is 861. The van der Waals surface area contributed by atoms with Crippen molar-refractivity contribution < 1.29 is 19.4 Å². The maximum Gasteiger partial charge on any atom is 0.277 e. The molecule has 0 unspecified atom stereocenters. The van der Waals surface area contributed by atoms with Crippen LogP contribution in [0, 0.1) is 20.2 Å². The summed E-state index contributed by atoms with van der Waals surface area (Å²) in [6.45, 7) is 3.93. The Labute approximate surface area is 160 Å². The van der Waals surface area contributed by atoms with Crippen molar-refractivity contribution in [2.75, 3.05) is 31.6 Å². The molecule has 1 N–H and O–H groups in total. The molecule has 28 heavy (non-hydrogen) atoms. The predicted molar refractivity (Wildman–Crippen MR) is 100 cm³/mol. The zero-order valence-corrected chi connectivity index (χ0v) is 14.9. The van der Waals surface area contributed by atoms with E-state index in [4.69, 9.17) is 4.74 Å². The molecule has 1 heterocycles. The summed E-state index contributed by atoms with van der Waals surface area (Å²) in [6.07, 6.45) is 0. The predicted octanol–water partition coefficient (Wildman–Crippen LogP) is 2.59. The van der Waals surface area contributed by atoms with Gasteiger partial charge in [-0.1, -0.05) is 12.1 Å². The summed E-state index contributed by atoms with van der Waals surface area (Å²) in [5.41, 5.74) is 0.384. The molecule has 0 bridgehead atoms. The van der Waals surface area contributed by atoms with E-state index in [0.29, 0.717) is 18.9 Å². The zero-order valence-electron chi connectivity index (χ0n) is 14.9. The van der Waals surface area contributed by atoms with E-state index in [-0.39, 0.29) is 5.56 Å². The van der Waals surface area contributed by atoms with E-state index >= 15 is 0 Å². The van der Waals surface area contributed by atoms with Gasteiger partial charge in [-0.2, -0.15) is 0 Å². The Morgan fingerprint density at radius 1 is 1.00 bits per heavy atom. The van der Waals surface area contributed by atoms with Crippen LogP contribution in [0.4, 0.5) is 17.1 Å². The van der Waals surface area contributed by atoms with Crippen molar-refractivity contribution in [1.29, 1.82) is 0 Å². The molecular weight excluding hydrogens is 368 g/mol. The Kier molecular flexibility index (Phi) is 5.92. The number of carbonyl (C=O) groups is 1. The quantitative estimate of drug-likeness (QED) is 0.597. The Balaban J connectivity index is 1.70. The smallest absolute Gasteiger partial charge is 0.277 e. The SMILES string of the molecule is O=C(Nc1ccc(CN2CCOCC2)cc1)c1cc([N+](=O)[O-])cc([N+](=O)[O-])c1. The number of anilines is 1. The fourth-order valence-corrected chi connectivity index (χ4v) is 2.85. The van der Waals surface area contributed by atoms with Crippen LogP contribution in [0.1, 0.15) is 15.9 Å². The number of nitro groups is 2. The maximum absolute atomic E-state index is 12.4. The first-order valence-electron chi connectivity index (χ1n) is 8.56. The highest BCUT2D eigenvalue weighted by Crippen LogP contribution is 2.23. The number of hydrogen-bond donors (Lipinski definition) is 1. The fourth-order valence-electron chi connectivity index (χ4n) is 2.85. The van der Waals surface area contributed by atoms with Gasteiger partial charge in [-0.3, -0.25) is 29.9 Å². The van der Waals surface area contributed by atoms with Crippen LogP contribution in [0.5, 0.6) is 0 Å². The number of amides is 1. The molecule has 1 saturated heterocycles. The lowest BCUT2D eigenvalue weighted by Crippen LogP contribution is -2.35. The van der Waals surface area contributed by atoms with Gasteiger partial charge >= 0.3 is 0 Å². The number of rotatable bonds is 6. The van der Waals surface area contributed by atoms with Crippen molar-refractivity contribution in [1.82, 2.24) is 4.90 Å². The number of nitrogens with one attached hydrogen (secondary N) is 1. The van der Waals surface area contributed by atoms with E-state index in [2.05, 4.69) is 10.2 Å². The molecule has 146 valence electrons. The van der Waals surface area contributed by atoms with E-state index in [1.54, 1.807) is 12.1 Å². The molecular formula is C18H18N4O6. The second-order valence-electron chi connectivity index (χ2n) is 6.29. The first-order chi connectivity index (χ1) is 13.4. The molecule has 0 atom stereocenters. The highest BCUT2D eigenvalue weighted by atomic mass is 16.6. The minimum absolute atomic E-state index is 0.154. The first-order valence-corrected chi connectivity index (χ1v) is 8.56. The molecule has 0 spiro atoms. The van der Waals surface area contributed by atoms with Crippen molar-refractivity contribution in [3.8, 4) is 0 Å². The summed E-state index contributed by atoms with van der Waals surface area (Å²) in [6, 6.07) is 10.0. The monoisotopic (exact) mass is 386 g/mol. The van der Waals surface area contributed by atoms with Gasteiger partial charge in [0.2, 0.25) is 0 Å². The first kappa shape index (κ1) is 19.4. The van der Waals surface area contributed by atoms with Crippen molar-refractivity contribution in [2.45, 2.75) is 6.54 Å². The summed E-state index contributed by atoms with van der Waals surface area (Å²) in [5.74, 6) is -0.660. The Morgan fingerprint density at radius 2 is 1.57 bits per heavy atom. The van der Waals surface area contributed by atoms with Gasteiger partial charge in [0.05, 0.1) is 34.7 Å². The minimum Gasteiger partial charge on any atom is -0.379 e. The van der Waals surface area contributed by atoms with E-state index in [1.165, 1.54) is 0 Å². The molecule has 0 radical (unpaired) electrons. The number of nitro benzene ring substituents is 2. The lowest BCUT2D eigenvalue weighted by molar-refractivity contribution is -0.394. The van der Waals surface area contributed by atoms with Crippen LogP contribution in [-0.4, -0.2) is 47.0 Å². The molecule has 1 amide bonds. The van der Waals surface area contributed by atoms with E-state index in [9.17, 15) is 25.0 Å². The van der Waals surface area contributed by atoms with Crippen LogP contribution in [0.15, 0.2) is 42.5 Å². The van der Waals surface area contributed by atoms with Crippen LogP contribution in [0.25, 0.3) is 0 Å². The van der Waals surface area contributed by atoms with Gasteiger partial charge in [0, 0.05) is 37.5 Å².